The lowest BCUT2D eigenvalue weighted by molar-refractivity contribution is 0.135. The van der Waals surface area contributed by atoms with Gasteiger partial charge in [0.2, 0.25) is 0 Å². The van der Waals surface area contributed by atoms with E-state index in [4.69, 9.17) is 9.47 Å². The van der Waals surface area contributed by atoms with Crippen molar-refractivity contribution in [3.8, 4) is 11.5 Å². The molecule has 0 amide bonds. The van der Waals surface area contributed by atoms with E-state index in [9.17, 15) is 0 Å². The number of aryl methyl sites for hydroxylation is 1. The Labute approximate surface area is 226 Å². The maximum atomic E-state index is 6.28. The van der Waals surface area contributed by atoms with Crippen molar-refractivity contribution in [2.75, 3.05) is 33.3 Å². The first-order chi connectivity index (χ1) is 18.8. The molecule has 4 aromatic rings. The van der Waals surface area contributed by atoms with Crippen molar-refractivity contribution in [2.45, 2.75) is 44.8 Å². The molecule has 6 rings (SSSR count). The molecule has 0 radical (unpaired) electrons. The summed E-state index contributed by atoms with van der Waals surface area (Å²) >= 11 is 0. The number of nitrogens with one attached hydrogen (secondary N) is 2. The van der Waals surface area contributed by atoms with E-state index in [0.29, 0.717) is 12.6 Å². The zero-order chi connectivity index (χ0) is 25.7. The number of nitrogens with zero attached hydrogens (tertiary/aromatic N) is 1. The van der Waals surface area contributed by atoms with E-state index >= 15 is 0 Å². The van der Waals surface area contributed by atoms with Gasteiger partial charge >= 0.3 is 0 Å². The number of hydrogen-bond donors (Lipinski definition) is 2. The molecule has 1 aromatic heterocycles. The molecule has 5 heteroatoms. The average molecular weight is 510 g/mol. The first-order valence-corrected chi connectivity index (χ1v) is 14.2. The third-order valence-electron chi connectivity index (χ3n) is 8.44. The van der Waals surface area contributed by atoms with Crippen LogP contribution in [0.25, 0.3) is 10.9 Å². The highest BCUT2D eigenvalue weighted by atomic mass is 16.5. The molecule has 0 bridgehead atoms. The quantitative estimate of drug-likeness (QED) is 0.279. The summed E-state index contributed by atoms with van der Waals surface area (Å²) in [4.78, 5) is 6.23. The van der Waals surface area contributed by atoms with Crippen molar-refractivity contribution < 1.29 is 9.47 Å². The van der Waals surface area contributed by atoms with Gasteiger partial charge in [-0.05, 0) is 91.6 Å². The standard InChI is InChI=1S/C33H39N3O2/c1-37-32-20-29-26(19-33(32)38-23-25-7-3-2-4-8-25)15-18-36(22-24-13-16-34-17-14-24)31(29)12-11-27-21-35-30-10-6-5-9-28(27)30/h2-10,19-21,24,31,34-35H,11-18,22-23H2,1H3. The molecule has 2 aliphatic rings. The van der Waals surface area contributed by atoms with Gasteiger partial charge in [0.1, 0.15) is 6.61 Å². The van der Waals surface area contributed by atoms with Crippen LogP contribution in [0.1, 0.15) is 47.6 Å². The molecule has 1 saturated heterocycles. The Balaban J connectivity index is 1.27. The minimum Gasteiger partial charge on any atom is -0.493 e. The van der Waals surface area contributed by atoms with Gasteiger partial charge in [-0.2, -0.15) is 0 Å². The molecule has 38 heavy (non-hydrogen) atoms. The zero-order valence-corrected chi connectivity index (χ0v) is 22.4. The second-order valence-electron chi connectivity index (χ2n) is 10.8. The number of hydrogen-bond acceptors (Lipinski definition) is 4. The Bertz CT molecular complexity index is 1340. The normalized spacial score (nSPS) is 18.4. The van der Waals surface area contributed by atoms with Crippen LogP contribution in [0.3, 0.4) is 0 Å². The van der Waals surface area contributed by atoms with Gasteiger partial charge in [-0.3, -0.25) is 4.90 Å². The molecule has 0 saturated carbocycles. The highest BCUT2D eigenvalue weighted by molar-refractivity contribution is 5.83. The minimum absolute atomic E-state index is 0.374. The largest absolute Gasteiger partial charge is 0.493 e. The monoisotopic (exact) mass is 509 g/mol. The minimum atomic E-state index is 0.374. The number of rotatable bonds is 9. The highest BCUT2D eigenvalue weighted by Crippen LogP contribution is 2.41. The highest BCUT2D eigenvalue weighted by Gasteiger charge is 2.31. The Hall–Kier alpha value is -3.28. The van der Waals surface area contributed by atoms with E-state index in [-0.39, 0.29) is 0 Å². The summed E-state index contributed by atoms with van der Waals surface area (Å²) in [5, 5.41) is 4.88. The van der Waals surface area contributed by atoms with Crippen LogP contribution in [0.4, 0.5) is 0 Å². The van der Waals surface area contributed by atoms with Crippen LogP contribution in [0, 0.1) is 5.92 Å². The summed E-state index contributed by atoms with van der Waals surface area (Å²) in [7, 11) is 1.76. The number of methoxy groups -OCH3 is 1. The van der Waals surface area contributed by atoms with Gasteiger partial charge in [-0.25, -0.2) is 0 Å². The Kier molecular flexibility index (Phi) is 7.66. The second-order valence-corrected chi connectivity index (χ2v) is 10.8. The zero-order valence-electron chi connectivity index (χ0n) is 22.4. The van der Waals surface area contributed by atoms with Gasteiger partial charge in [-0.15, -0.1) is 0 Å². The predicted octanol–water partition coefficient (Wildman–Crippen LogP) is 6.29. The lowest BCUT2D eigenvalue weighted by Gasteiger charge is -2.40. The number of aromatic amines is 1. The summed E-state index contributed by atoms with van der Waals surface area (Å²) in [5.74, 6) is 2.45. The maximum Gasteiger partial charge on any atom is 0.161 e. The Morgan fingerprint density at radius 2 is 1.76 bits per heavy atom. The number of aromatic nitrogens is 1. The maximum absolute atomic E-state index is 6.28. The van der Waals surface area contributed by atoms with Gasteiger partial charge in [0.05, 0.1) is 7.11 Å². The van der Waals surface area contributed by atoms with Crippen LogP contribution in [0.5, 0.6) is 11.5 Å². The van der Waals surface area contributed by atoms with Gasteiger partial charge in [0.15, 0.2) is 11.5 Å². The van der Waals surface area contributed by atoms with Crippen molar-refractivity contribution in [3.05, 3.63) is 95.2 Å². The Morgan fingerprint density at radius 3 is 2.61 bits per heavy atom. The molecule has 2 aliphatic heterocycles. The number of fused-ring (bicyclic) bond motifs is 2. The Morgan fingerprint density at radius 1 is 0.947 bits per heavy atom. The third-order valence-corrected chi connectivity index (χ3v) is 8.44. The van der Waals surface area contributed by atoms with E-state index in [0.717, 1.165) is 61.9 Å². The van der Waals surface area contributed by atoms with E-state index in [1.807, 2.05) is 6.07 Å². The lowest BCUT2D eigenvalue weighted by Crippen LogP contribution is -2.41. The van der Waals surface area contributed by atoms with E-state index in [2.05, 4.69) is 82.1 Å². The van der Waals surface area contributed by atoms with E-state index < -0.39 is 0 Å². The van der Waals surface area contributed by atoms with E-state index in [1.54, 1.807) is 7.11 Å². The summed E-state index contributed by atoms with van der Waals surface area (Å²) in [6, 6.07) is 23.9. The summed E-state index contributed by atoms with van der Waals surface area (Å²) < 4.78 is 12.2. The number of benzene rings is 3. The van der Waals surface area contributed by atoms with Gasteiger partial charge < -0.3 is 19.8 Å². The van der Waals surface area contributed by atoms with Crippen molar-refractivity contribution in [1.82, 2.24) is 15.2 Å². The fourth-order valence-electron chi connectivity index (χ4n) is 6.35. The van der Waals surface area contributed by atoms with Crippen molar-refractivity contribution >= 4 is 10.9 Å². The van der Waals surface area contributed by atoms with Crippen molar-refractivity contribution in [1.29, 1.82) is 0 Å². The molecular weight excluding hydrogens is 470 g/mol. The number of piperidine rings is 1. The van der Waals surface area contributed by atoms with Crippen LogP contribution in [0.2, 0.25) is 0 Å². The number of H-pyrrole nitrogens is 1. The fourth-order valence-corrected chi connectivity index (χ4v) is 6.35. The summed E-state index contributed by atoms with van der Waals surface area (Å²) in [5.41, 5.74) is 6.61. The van der Waals surface area contributed by atoms with Gasteiger partial charge in [-0.1, -0.05) is 48.5 Å². The van der Waals surface area contributed by atoms with Crippen LogP contribution in [-0.2, 0) is 19.4 Å². The first-order valence-electron chi connectivity index (χ1n) is 14.2. The number of ether oxygens (including phenoxy) is 2. The second kappa shape index (κ2) is 11.6. The molecule has 0 spiro atoms. The molecule has 1 atom stereocenters. The molecule has 1 unspecified atom stereocenters. The smallest absolute Gasteiger partial charge is 0.161 e. The van der Waals surface area contributed by atoms with Gasteiger partial charge in [0.25, 0.3) is 0 Å². The number of para-hydroxylation sites is 1. The molecule has 0 aliphatic carbocycles. The lowest BCUT2D eigenvalue weighted by atomic mass is 9.86. The SMILES string of the molecule is COc1cc2c(cc1OCc1ccccc1)CCN(CC1CCNCC1)C2CCc1c[nH]c2ccccc12. The van der Waals surface area contributed by atoms with Crippen LogP contribution in [-0.4, -0.2) is 43.2 Å². The van der Waals surface area contributed by atoms with Crippen LogP contribution >= 0.6 is 0 Å². The van der Waals surface area contributed by atoms with Crippen molar-refractivity contribution in [3.63, 3.8) is 0 Å². The molecule has 198 valence electrons. The topological polar surface area (TPSA) is 49.5 Å². The van der Waals surface area contributed by atoms with Crippen molar-refractivity contribution in [2.24, 2.45) is 5.92 Å². The summed E-state index contributed by atoms with van der Waals surface area (Å²) in [6.45, 7) is 5.10. The summed E-state index contributed by atoms with van der Waals surface area (Å²) in [6.07, 6.45) is 7.93. The molecular formula is C33H39N3O2. The van der Waals surface area contributed by atoms with Gasteiger partial charge in [0, 0.05) is 36.2 Å². The fraction of sp³-hybridized carbons (Fsp3) is 0.394. The molecule has 3 heterocycles. The van der Waals surface area contributed by atoms with Crippen LogP contribution in [0.15, 0.2) is 72.9 Å². The average Bonchev–Trinajstić information content (AvgIpc) is 3.39. The molecule has 3 aromatic carbocycles. The van der Waals surface area contributed by atoms with E-state index in [1.165, 1.54) is 47.0 Å². The predicted molar refractivity (Wildman–Crippen MR) is 154 cm³/mol. The van der Waals surface area contributed by atoms with Crippen LogP contribution < -0.4 is 14.8 Å². The molecule has 5 nitrogen and oxygen atoms in total. The third kappa shape index (κ3) is 5.45. The molecule has 2 N–H and O–H groups in total. The first kappa shape index (κ1) is 25.0. The molecule has 1 fully saturated rings.